The van der Waals surface area contributed by atoms with Crippen LogP contribution in [0.25, 0.3) is 0 Å². The van der Waals surface area contributed by atoms with Gasteiger partial charge in [0.25, 0.3) is 5.92 Å². The molecule has 0 fully saturated rings. The van der Waals surface area contributed by atoms with Crippen molar-refractivity contribution in [2.45, 2.75) is 39.0 Å². The normalized spacial score (nSPS) is 14.1. The molecule has 2 heteroatoms. The molecule has 0 nitrogen and oxygen atoms in total. The average molecular weight is 160 g/mol. The van der Waals surface area contributed by atoms with Crippen molar-refractivity contribution in [1.29, 1.82) is 0 Å². The largest absolute Gasteiger partial charge is 0.261 e. The Hall–Kier alpha value is -0.580. The van der Waals surface area contributed by atoms with Crippen molar-refractivity contribution >= 4 is 0 Å². The molecule has 1 atom stereocenters. The first-order chi connectivity index (χ1) is 5.04. The van der Waals surface area contributed by atoms with Crippen molar-refractivity contribution in [3.05, 3.63) is 0 Å². The Labute approximate surface area is 67.0 Å². The first kappa shape index (κ1) is 10.4. The average Bonchev–Trinajstić information content (AvgIpc) is 1.99. The third-order valence-electron chi connectivity index (χ3n) is 1.75. The first-order valence-electron chi connectivity index (χ1n) is 3.88. The number of hydrogen-bond acceptors (Lipinski definition) is 0. The fraction of sp³-hybridized carbons (Fsp3) is 0.778. The van der Waals surface area contributed by atoms with E-state index in [1.54, 1.807) is 0 Å². The molecule has 0 saturated carbocycles. The van der Waals surface area contributed by atoms with Crippen LogP contribution >= 0.6 is 0 Å². The van der Waals surface area contributed by atoms with Gasteiger partial charge in [-0.15, -0.1) is 6.42 Å². The molecule has 0 bridgehead atoms. The molecule has 0 spiro atoms. The summed E-state index contributed by atoms with van der Waals surface area (Å²) in [5, 5.41) is 0. The molecule has 64 valence electrons. The molecular weight excluding hydrogens is 146 g/mol. The monoisotopic (exact) mass is 160 g/mol. The quantitative estimate of drug-likeness (QED) is 0.554. The van der Waals surface area contributed by atoms with E-state index in [0.717, 1.165) is 6.42 Å². The maximum Gasteiger partial charge on any atom is 0.261 e. The lowest BCUT2D eigenvalue weighted by molar-refractivity contribution is -0.0404. The third-order valence-corrected chi connectivity index (χ3v) is 1.75. The van der Waals surface area contributed by atoms with Gasteiger partial charge in [-0.3, -0.25) is 0 Å². The number of hydrogen-bond donors (Lipinski definition) is 0. The third kappa shape index (κ3) is 3.36. The summed E-state index contributed by atoms with van der Waals surface area (Å²) in [6, 6.07) is 0. The lowest BCUT2D eigenvalue weighted by Crippen LogP contribution is -2.24. The number of terminal acetylenes is 1. The summed E-state index contributed by atoms with van der Waals surface area (Å²) < 4.78 is 25.7. The molecule has 0 amide bonds. The van der Waals surface area contributed by atoms with E-state index in [0.29, 0.717) is 6.42 Å². The molecule has 0 aliphatic heterocycles. The Morgan fingerprint density at radius 3 is 2.45 bits per heavy atom. The summed E-state index contributed by atoms with van der Waals surface area (Å²) in [5.74, 6) is -1.55. The molecular formula is C9H14F2. The zero-order chi connectivity index (χ0) is 8.91. The first-order valence-corrected chi connectivity index (χ1v) is 3.88. The summed E-state index contributed by atoms with van der Waals surface area (Å²) in [5.41, 5.74) is 0. The Balaban J connectivity index is 3.90. The van der Waals surface area contributed by atoms with E-state index in [1.807, 2.05) is 6.92 Å². The number of halogens is 2. The highest BCUT2D eigenvalue weighted by molar-refractivity contribution is 4.97. The maximum absolute atomic E-state index is 12.9. The summed E-state index contributed by atoms with van der Waals surface area (Å²) >= 11 is 0. The second kappa shape index (κ2) is 4.33. The minimum atomic E-state index is -2.68. The van der Waals surface area contributed by atoms with E-state index < -0.39 is 11.8 Å². The van der Waals surface area contributed by atoms with Gasteiger partial charge in [0.05, 0.1) is 5.92 Å². The van der Waals surface area contributed by atoms with Crippen LogP contribution in [0.4, 0.5) is 8.78 Å². The highest BCUT2D eigenvalue weighted by Crippen LogP contribution is 2.29. The van der Waals surface area contributed by atoms with Crippen LogP contribution in [0.1, 0.15) is 33.1 Å². The molecule has 0 rings (SSSR count). The van der Waals surface area contributed by atoms with Gasteiger partial charge in [-0.2, -0.15) is 0 Å². The zero-order valence-electron chi connectivity index (χ0n) is 7.03. The highest BCUT2D eigenvalue weighted by atomic mass is 19.3. The Morgan fingerprint density at radius 1 is 1.55 bits per heavy atom. The van der Waals surface area contributed by atoms with Crippen molar-refractivity contribution in [1.82, 2.24) is 0 Å². The van der Waals surface area contributed by atoms with Crippen LogP contribution in [0.2, 0.25) is 0 Å². The van der Waals surface area contributed by atoms with Crippen molar-refractivity contribution in [3.8, 4) is 12.3 Å². The van der Waals surface area contributed by atoms with Gasteiger partial charge in [-0.05, 0) is 13.3 Å². The van der Waals surface area contributed by atoms with Gasteiger partial charge in [0, 0.05) is 6.42 Å². The van der Waals surface area contributed by atoms with Gasteiger partial charge in [0.1, 0.15) is 0 Å². The van der Waals surface area contributed by atoms with Gasteiger partial charge in [-0.1, -0.05) is 19.3 Å². The van der Waals surface area contributed by atoms with E-state index in [2.05, 4.69) is 5.92 Å². The molecule has 0 aromatic carbocycles. The van der Waals surface area contributed by atoms with E-state index >= 15 is 0 Å². The van der Waals surface area contributed by atoms with Crippen LogP contribution < -0.4 is 0 Å². The van der Waals surface area contributed by atoms with Crippen molar-refractivity contribution in [2.24, 2.45) is 5.92 Å². The minimum Gasteiger partial charge on any atom is -0.205 e. The predicted molar refractivity (Wildman–Crippen MR) is 42.5 cm³/mol. The van der Waals surface area contributed by atoms with Crippen molar-refractivity contribution in [3.63, 3.8) is 0 Å². The van der Waals surface area contributed by atoms with E-state index in [-0.39, 0.29) is 6.42 Å². The molecule has 0 N–H and O–H groups in total. The molecule has 0 aromatic heterocycles. The molecule has 0 heterocycles. The van der Waals surface area contributed by atoms with E-state index in [4.69, 9.17) is 6.42 Å². The molecule has 0 aliphatic rings. The second-order valence-corrected chi connectivity index (χ2v) is 2.75. The fourth-order valence-corrected chi connectivity index (χ4v) is 0.751. The van der Waals surface area contributed by atoms with Crippen LogP contribution in [0.15, 0.2) is 0 Å². The van der Waals surface area contributed by atoms with E-state index in [1.165, 1.54) is 6.92 Å². The number of alkyl halides is 2. The van der Waals surface area contributed by atoms with Crippen molar-refractivity contribution in [2.75, 3.05) is 0 Å². The minimum absolute atomic E-state index is 0.0884. The molecule has 0 saturated heterocycles. The SMILES string of the molecule is C#CC(C)C(F)(F)CCCC. The fourth-order valence-electron chi connectivity index (χ4n) is 0.751. The topological polar surface area (TPSA) is 0 Å². The van der Waals surface area contributed by atoms with Gasteiger partial charge >= 0.3 is 0 Å². The molecule has 0 aliphatic carbocycles. The lowest BCUT2D eigenvalue weighted by atomic mass is 9.99. The molecule has 11 heavy (non-hydrogen) atoms. The van der Waals surface area contributed by atoms with E-state index in [9.17, 15) is 8.78 Å². The maximum atomic E-state index is 12.9. The van der Waals surface area contributed by atoms with Crippen LogP contribution in [0, 0.1) is 18.3 Å². The lowest BCUT2D eigenvalue weighted by Gasteiger charge is -2.18. The summed E-state index contributed by atoms with van der Waals surface area (Å²) in [7, 11) is 0. The Kier molecular flexibility index (Phi) is 4.10. The van der Waals surface area contributed by atoms with Crippen LogP contribution in [0.5, 0.6) is 0 Å². The number of rotatable bonds is 4. The van der Waals surface area contributed by atoms with Gasteiger partial charge in [0.15, 0.2) is 0 Å². The Bertz CT molecular complexity index is 144. The standard InChI is InChI=1S/C9H14F2/c1-4-6-7-9(10,11)8(3)5-2/h2,8H,4,6-7H2,1,3H3. The van der Waals surface area contributed by atoms with Gasteiger partial charge in [-0.25, -0.2) is 8.78 Å². The van der Waals surface area contributed by atoms with Crippen molar-refractivity contribution < 1.29 is 8.78 Å². The van der Waals surface area contributed by atoms with Gasteiger partial charge < -0.3 is 0 Å². The van der Waals surface area contributed by atoms with Crippen LogP contribution in [0.3, 0.4) is 0 Å². The second-order valence-electron chi connectivity index (χ2n) is 2.75. The summed E-state index contributed by atoms with van der Waals surface area (Å²) in [6.07, 6.45) is 6.14. The van der Waals surface area contributed by atoms with Crippen LogP contribution in [-0.2, 0) is 0 Å². The Morgan fingerprint density at radius 2 is 2.09 bits per heavy atom. The smallest absolute Gasteiger partial charge is 0.205 e. The molecule has 1 unspecified atom stereocenters. The summed E-state index contributed by atoms with van der Waals surface area (Å²) in [4.78, 5) is 0. The summed E-state index contributed by atoms with van der Waals surface area (Å²) in [6.45, 7) is 3.27. The zero-order valence-corrected chi connectivity index (χ0v) is 7.03. The van der Waals surface area contributed by atoms with Gasteiger partial charge in [0.2, 0.25) is 0 Å². The molecule has 0 aromatic rings. The number of unbranched alkanes of at least 4 members (excludes halogenated alkanes) is 1. The molecule has 0 radical (unpaired) electrons. The predicted octanol–water partition coefficient (Wildman–Crippen LogP) is 3.08. The highest BCUT2D eigenvalue weighted by Gasteiger charge is 2.33. The van der Waals surface area contributed by atoms with Crippen LogP contribution in [-0.4, -0.2) is 5.92 Å².